The number of hydrogen-bond acceptors (Lipinski definition) is 6. The van der Waals surface area contributed by atoms with E-state index >= 15 is 0 Å². The lowest BCUT2D eigenvalue weighted by molar-refractivity contribution is 0.0821. The second kappa shape index (κ2) is 12.6. The van der Waals surface area contributed by atoms with Gasteiger partial charge in [-0.1, -0.05) is 13.0 Å². The van der Waals surface area contributed by atoms with Crippen molar-refractivity contribution in [1.29, 1.82) is 0 Å². The van der Waals surface area contributed by atoms with E-state index in [1.807, 2.05) is 33.0 Å². The second-order valence-electron chi connectivity index (χ2n) is 9.51. The van der Waals surface area contributed by atoms with Crippen LogP contribution in [0.4, 0.5) is 20.3 Å². The molecule has 0 fully saturated rings. The highest BCUT2D eigenvalue weighted by Crippen LogP contribution is 2.25. The zero-order valence-corrected chi connectivity index (χ0v) is 22.3. The molecule has 0 bridgehead atoms. The highest BCUT2D eigenvalue weighted by molar-refractivity contribution is 5.96. The minimum Gasteiger partial charge on any atom is -0.389 e. The van der Waals surface area contributed by atoms with Crippen LogP contribution in [0.1, 0.15) is 43.1 Å². The largest absolute Gasteiger partial charge is 0.389 e. The van der Waals surface area contributed by atoms with E-state index in [0.717, 1.165) is 35.4 Å². The Morgan fingerprint density at radius 2 is 1.84 bits per heavy atom. The number of nitrogens with zero attached hydrogens (tertiary/aromatic N) is 3. The Balaban J connectivity index is 0.000000505. The quantitative estimate of drug-likeness (QED) is 0.263. The molecule has 0 atom stereocenters. The van der Waals surface area contributed by atoms with Crippen LogP contribution in [0.3, 0.4) is 0 Å². The average molecular weight is 525 g/mol. The highest BCUT2D eigenvalue weighted by Gasteiger charge is 2.13. The number of carbonyl (C=O) groups excluding carboxylic acids is 1. The number of aryl methyl sites for hydroxylation is 1. The molecule has 2 aromatic heterocycles. The van der Waals surface area contributed by atoms with E-state index in [-0.39, 0.29) is 5.91 Å². The summed E-state index contributed by atoms with van der Waals surface area (Å²) >= 11 is 0. The molecule has 0 saturated carbocycles. The fourth-order valence-electron chi connectivity index (χ4n) is 3.70. The number of imidazole rings is 1. The van der Waals surface area contributed by atoms with E-state index in [1.54, 1.807) is 42.8 Å². The van der Waals surface area contributed by atoms with Gasteiger partial charge in [0.25, 0.3) is 5.91 Å². The van der Waals surface area contributed by atoms with E-state index in [1.165, 1.54) is 6.07 Å². The first-order valence-electron chi connectivity index (χ1n) is 12.4. The van der Waals surface area contributed by atoms with E-state index < -0.39 is 17.2 Å². The van der Waals surface area contributed by atoms with Crippen molar-refractivity contribution in [3.8, 4) is 11.3 Å². The first kappa shape index (κ1) is 28.7. The van der Waals surface area contributed by atoms with Crippen LogP contribution < -0.4 is 16.0 Å². The number of carbonyl (C=O) groups is 1. The SMILES string of the molecule is CCCNC(=O)c1ccc(-c2cnc3ccc(Nc4ccc(F)c(F)c4)nn23)cc1C.CNCC(C)(C)O. The third-order valence-corrected chi connectivity index (χ3v) is 5.47. The van der Waals surface area contributed by atoms with Crippen LogP contribution in [0.25, 0.3) is 16.9 Å². The molecule has 202 valence electrons. The second-order valence-corrected chi connectivity index (χ2v) is 9.51. The number of nitrogens with one attached hydrogen (secondary N) is 3. The molecule has 4 rings (SSSR count). The van der Waals surface area contributed by atoms with E-state index in [0.29, 0.717) is 35.8 Å². The molecule has 4 N–H and O–H groups in total. The number of amides is 1. The zero-order chi connectivity index (χ0) is 27.9. The molecule has 1 amide bonds. The van der Waals surface area contributed by atoms with Crippen molar-refractivity contribution in [1.82, 2.24) is 25.2 Å². The molecular weight excluding hydrogens is 490 g/mol. The van der Waals surface area contributed by atoms with Crippen LogP contribution >= 0.6 is 0 Å². The van der Waals surface area contributed by atoms with Gasteiger partial charge in [0.2, 0.25) is 0 Å². The number of aromatic nitrogens is 3. The van der Waals surface area contributed by atoms with Crippen LogP contribution in [-0.2, 0) is 0 Å². The molecule has 38 heavy (non-hydrogen) atoms. The van der Waals surface area contributed by atoms with E-state index in [9.17, 15) is 13.6 Å². The molecule has 2 aromatic carbocycles. The third kappa shape index (κ3) is 7.56. The maximum absolute atomic E-state index is 13.5. The maximum Gasteiger partial charge on any atom is 0.251 e. The number of halogens is 2. The Morgan fingerprint density at radius 1 is 1.08 bits per heavy atom. The monoisotopic (exact) mass is 524 g/mol. The van der Waals surface area contributed by atoms with Crippen LogP contribution in [0.2, 0.25) is 0 Å². The standard InChI is InChI=1S/C23H21F2N5O.C5H13NO/c1-3-10-26-23(31)17-6-4-15(11-14(17)2)20-13-27-22-9-8-21(29-30(20)22)28-16-5-7-18(24)19(25)12-16;1-5(2,7)4-6-3/h4-9,11-13H,3,10H2,1-2H3,(H,26,31)(H,28,29);6-7H,4H2,1-3H3. The van der Waals surface area contributed by atoms with Crippen LogP contribution in [0.5, 0.6) is 0 Å². The Morgan fingerprint density at radius 3 is 2.45 bits per heavy atom. The zero-order valence-electron chi connectivity index (χ0n) is 22.3. The summed E-state index contributed by atoms with van der Waals surface area (Å²) in [4.78, 5) is 16.7. The minimum atomic E-state index is -0.937. The van der Waals surface area contributed by atoms with Gasteiger partial charge in [-0.2, -0.15) is 0 Å². The fourth-order valence-corrected chi connectivity index (χ4v) is 3.70. The van der Waals surface area contributed by atoms with Crippen molar-refractivity contribution in [3.63, 3.8) is 0 Å². The van der Waals surface area contributed by atoms with Crippen molar-refractivity contribution in [2.75, 3.05) is 25.5 Å². The first-order chi connectivity index (χ1) is 18.0. The van der Waals surface area contributed by atoms with Crippen molar-refractivity contribution in [2.45, 2.75) is 39.7 Å². The smallest absolute Gasteiger partial charge is 0.251 e. The van der Waals surface area contributed by atoms with Gasteiger partial charge in [-0.15, -0.1) is 5.10 Å². The topological polar surface area (TPSA) is 104 Å². The molecule has 0 aliphatic carbocycles. The Bertz CT molecular complexity index is 1400. The van der Waals surface area contributed by atoms with Gasteiger partial charge in [0.15, 0.2) is 23.1 Å². The van der Waals surface area contributed by atoms with Gasteiger partial charge in [-0.3, -0.25) is 4.79 Å². The van der Waals surface area contributed by atoms with Crippen molar-refractivity contribution in [3.05, 3.63) is 77.5 Å². The predicted molar refractivity (Wildman–Crippen MR) is 146 cm³/mol. The number of aliphatic hydroxyl groups is 1. The summed E-state index contributed by atoms with van der Waals surface area (Å²) in [5, 5.41) is 22.2. The molecule has 0 unspecified atom stereocenters. The van der Waals surface area contributed by atoms with Gasteiger partial charge in [0.1, 0.15) is 0 Å². The lowest BCUT2D eigenvalue weighted by Gasteiger charge is -2.14. The van der Waals surface area contributed by atoms with Gasteiger partial charge in [-0.05, 0) is 76.2 Å². The molecule has 0 spiro atoms. The van der Waals surface area contributed by atoms with Crippen molar-refractivity contribution < 1.29 is 18.7 Å². The van der Waals surface area contributed by atoms with Crippen LogP contribution in [-0.4, -0.2) is 51.4 Å². The normalized spacial score (nSPS) is 11.2. The summed E-state index contributed by atoms with van der Waals surface area (Å²) in [5.74, 6) is -1.49. The summed E-state index contributed by atoms with van der Waals surface area (Å²) in [5.41, 5.74) is 3.52. The number of anilines is 2. The average Bonchev–Trinajstić information content (AvgIpc) is 3.28. The fraction of sp³-hybridized carbons (Fsp3) is 0.321. The molecule has 8 nitrogen and oxygen atoms in total. The number of likely N-dealkylation sites (N-methyl/N-ethyl adjacent to an activating group) is 1. The van der Waals surface area contributed by atoms with Crippen molar-refractivity contribution >= 4 is 23.1 Å². The van der Waals surface area contributed by atoms with Crippen LogP contribution in [0.15, 0.2) is 54.7 Å². The molecule has 0 radical (unpaired) electrons. The highest BCUT2D eigenvalue weighted by atomic mass is 19.2. The lowest BCUT2D eigenvalue weighted by atomic mass is 10.0. The Labute approximate surface area is 221 Å². The summed E-state index contributed by atoms with van der Waals surface area (Å²) in [6, 6.07) is 12.6. The minimum absolute atomic E-state index is 0.0971. The summed E-state index contributed by atoms with van der Waals surface area (Å²) in [7, 11) is 1.82. The number of rotatable bonds is 8. The molecule has 2 heterocycles. The molecule has 10 heteroatoms. The summed E-state index contributed by atoms with van der Waals surface area (Å²) in [6.07, 6.45) is 2.58. The molecular formula is C28H34F2N6O2. The van der Waals surface area contributed by atoms with E-state index in [2.05, 4.69) is 26.0 Å². The lowest BCUT2D eigenvalue weighted by Crippen LogP contribution is -2.32. The Hall–Kier alpha value is -3.89. The summed E-state index contributed by atoms with van der Waals surface area (Å²) in [6.45, 7) is 8.70. The first-order valence-corrected chi connectivity index (χ1v) is 12.4. The van der Waals surface area contributed by atoms with Gasteiger partial charge >= 0.3 is 0 Å². The molecule has 0 aliphatic heterocycles. The van der Waals surface area contributed by atoms with E-state index in [4.69, 9.17) is 5.11 Å². The molecule has 4 aromatic rings. The van der Waals surface area contributed by atoms with Gasteiger partial charge in [0, 0.05) is 36.0 Å². The van der Waals surface area contributed by atoms with Crippen molar-refractivity contribution in [2.24, 2.45) is 0 Å². The molecule has 0 saturated heterocycles. The van der Waals surface area contributed by atoms with Gasteiger partial charge < -0.3 is 21.1 Å². The number of benzene rings is 2. The number of hydrogen-bond donors (Lipinski definition) is 4. The Kier molecular flexibility index (Phi) is 9.49. The summed E-state index contributed by atoms with van der Waals surface area (Å²) < 4.78 is 28.3. The number of fused-ring (bicyclic) bond motifs is 1. The van der Waals surface area contributed by atoms with Gasteiger partial charge in [0.05, 0.1) is 17.5 Å². The maximum atomic E-state index is 13.5. The predicted octanol–water partition coefficient (Wildman–Crippen LogP) is 4.84. The van der Waals surface area contributed by atoms with Crippen LogP contribution in [0, 0.1) is 18.6 Å². The van der Waals surface area contributed by atoms with Gasteiger partial charge in [-0.25, -0.2) is 18.3 Å². The molecule has 0 aliphatic rings. The third-order valence-electron chi connectivity index (χ3n) is 5.47.